The van der Waals surface area contributed by atoms with Gasteiger partial charge in [-0.15, -0.1) is 0 Å². The Morgan fingerprint density at radius 1 is 1.32 bits per heavy atom. The second kappa shape index (κ2) is 4.87. The van der Waals surface area contributed by atoms with Crippen molar-refractivity contribution in [2.75, 3.05) is 0 Å². The van der Waals surface area contributed by atoms with Gasteiger partial charge in [0.05, 0.1) is 17.1 Å². The molecule has 1 saturated heterocycles. The summed E-state index contributed by atoms with van der Waals surface area (Å²) in [5.41, 5.74) is -0.0756. The van der Waals surface area contributed by atoms with Crippen LogP contribution in [0.25, 0.3) is 0 Å². The summed E-state index contributed by atoms with van der Waals surface area (Å²) in [7, 11) is 0. The number of carbonyl (C=O) groups is 1. The van der Waals surface area contributed by atoms with Crippen LogP contribution < -0.4 is 0 Å². The molecule has 2 nitrogen and oxygen atoms in total. The summed E-state index contributed by atoms with van der Waals surface area (Å²) in [6.45, 7) is 8.00. The number of Topliss-reactive ketones (excluding diaryl/α,β-unsaturated/α-hetero) is 1. The Bertz CT molecular complexity index is 503. The van der Waals surface area contributed by atoms with Gasteiger partial charge in [-0.2, -0.15) is 0 Å². The van der Waals surface area contributed by atoms with Gasteiger partial charge in [0.15, 0.2) is 5.78 Å². The molecular formula is C15H18BrClO2. The molecule has 0 saturated carbocycles. The summed E-state index contributed by atoms with van der Waals surface area (Å²) in [5.74, 6) is -0.0494. The summed E-state index contributed by atoms with van der Waals surface area (Å²) >= 11 is 9.39. The van der Waals surface area contributed by atoms with E-state index in [4.69, 9.17) is 16.3 Å². The maximum Gasteiger partial charge on any atom is 0.169 e. The number of hydrogen-bond donors (Lipinski definition) is 0. The van der Waals surface area contributed by atoms with Crippen molar-refractivity contribution in [1.29, 1.82) is 0 Å². The Morgan fingerprint density at radius 2 is 1.95 bits per heavy atom. The van der Waals surface area contributed by atoms with Gasteiger partial charge < -0.3 is 4.74 Å². The molecule has 1 unspecified atom stereocenters. The molecule has 0 aromatic heterocycles. The van der Waals surface area contributed by atoms with Gasteiger partial charge in [0.2, 0.25) is 0 Å². The lowest BCUT2D eigenvalue weighted by Crippen LogP contribution is -2.33. The van der Waals surface area contributed by atoms with E-state index in [2.05, 4.69) is 15.9 Å². The average Bonchev–Trinajstić information content (AvgIpc) is 2.44. The lowest BCUT2D eigenvalue weighted by Gasteiger charge is -2.26. The summed E-state index contributed by atoms with van der Waals surface area (Å²) in [6, 6.07) is 5.31. The van der Waals surface area contributed by atoms with E-state index in [1.54, 1.807) is 12.1 Å². The number of halogens is 2. The van der Waals surface area contributed by atoms with Crippen LogP contribution in [0.5, 0.6) is 0 Å². The van der Waals surface area contributed by atoms with Crippen molar-refractivity contribution in [3.63, 3.8) is 0 Å². The Kier molecular flexibility index (Phi) is 3.85. The zero-order valence-electron chi connectivity index (χ0n) is 11.6. The van der Waals surface area contributed by atoms with Crippen molar-refractivity contribution in [2.24, 2.45) is 5.92 Å². The molecular weight excluding hydrogens is 328 g/mol. The van der Waals surface area contributed by atoms with Gasteiger partial charge >= 0.3 is 0 Å². The number of ketones is 1. The van der Waals surface area contributed by atoms with E-state index in [-0.39, 0.29) is 17.3 Å². The van der Waals surface area contributed by atoms with Crippen LogP contribution in [0.15, 0.2) is 22.7 Å². The lowest BCUT2D eigenvalue weighted by molar-refractivity contribution is -0.0712. The molecule has 0 amide bonds. The van der Waals surface area contributed by atoms with Crippen molar-refractivity contribution in [1.82, 2.24) is 0 Å². The van der Waals surface area contributed by atoms with Gasteiger partial charge in [0.25, 0.3) is 0 Å². The first-order valence-corrected chi connectivity index (χ1v) is 7.48. The van der Waals surface area contributed by atoms with E-state index < -0.39 is 5.60 Å². The standard InChI is InChI=1S/C15H18BrClO2/c1-14(2)8-12(15(3,4)19-14)13(18)9-5-10(16)7-11(17)6-9/h5-7,12H,8H2,1-4H3. The van der Waals surface area contributed by atoms with Gasteiger partial charge in [-0.3, -0.25) is 4.79 Å². The maximum absolute atomic E-state index is 12.7. The minimum Gasteiger partial charge on any atom is -0.369 e. The van der Waals surface area contributed by atoms with E-state index in [0.29, 0.717) is 10.6 Å². The predicted octanol–water partition coefficient (Wildman–Crippen LogP) is 4.88. The van der Waals surface area contributed by atoms with Crippen LogP contribution in [0.2, 0.25) is 5.02 Å². The molecule has 0 N–H and O–H groups in total. The maximum atomic E-state index is 12.7. The molecule has 1 aromatic rings. The first-order valence-electron chi connectivity index (χ1n) is 6.31. The van der Waals surface area contributed by atoms with Crippen molar-refractivity contribution in [3.8, 4) is 0 Å². The molecule has 0 radical (unpaired) electrons. The molecule has 1 aliphatic rings. The fourth-order valence-corrected chi connectivity index (χ4v) is 3.73. The second-order valence-corrected chi connectivity index (χ2v) is 7.60. The van der Waals surface area contributed by atoms with Crippen molar-refractivity contribution < 1.29 is 9.53 Å². The number of hydrogen-bond acceptors (Lipinski definition) is 2. The zero-order chi connectivity index (χ0) is 14.4. The molecule has 2 rings (SSSR count). The average molecular weight is 346 g/mol. The monoisotopic (exact) mass is 344 g/mol. The molecule has 0 aliphatic carbocycles. The highest BCUT2D eigenvalue weighted by molar-refractivity contribution is 9.10. The molecule has 4 heteroatoms. The third-order valence-electron chi connectivity index (χ3n) is 3.54. The van der Waals surface area contributed by atoms with Gasteiger partial charge in [0, 0.05) is 15.1 Å². The number of carbonyl (C=O) groups excluding carboxylic acids is 1. The second-order valence-electron chi connectivity index (χ2n) is 6.24. The summed E-state index contributed by atoms with van der Waals surface area (Å²) in [4.78, 5) is 12.7. The third kappa shape index (κ3) is 3.21. The van der Waals surface area contributed by atoms with Gasteiger partial charge in [0.1, 0.15) is 0 Å². The molecule has 1 fully saturated rings. The minimum absolute atomic E-state index is 0.0961. The minimum atomic E-state index is -0.449. The highest BCUT2D eigenvalue weighted by Gasteiger charge is 2.49. The Labute approximate surface area is 127 Å². The quantitative estimate of drug-likeness (QED) is 0.714. The summed E-state index contributed by atoms with van der Waals surface area (Å²) < 4.78 is 6.81. The van der Waals surface area contributed by atoms with Crippen molar-refractivity contribution in [3.05, 3.63) is 33.3 Å². The normalized spacial score (nSPS) is 24.4. The number of benzene rings is 1. The highest BCUT2D eigenvalue weighted by atomic mass is 79.9. The molecule has 0 spiro atoms. The van der Waals surface area contributed by atoms with E-state index in [0.717, 1.165) is 10.9 Å². The van der Waals surface area contributed by atoms with Crippen LogP contribution in [0, 0.1) is 5.92 Å². The first-order chi connectivity index (χ1) is 8.61. The number of rotatable bonds is 2. The third-order valence-corrected chi connectivity index (χ3v) is 4.21. The molecule has 1 aliphatic heterocycles. The van der Waals surface area contributed by atoms with Crippen LogP contribution in [-0.4, -0.2) is 17.0 Å². The van der Waals surface area contributed by atoms with E-state index in [9.17, 15) is 4.79 Å². The molecule has 19 heavy (non-hydrogen) atoms. The van der Waals surface area contributed by atoms with Gasteiger partial charge in [-0.25, -0.2) is 0 Å². The van der Waals surface area contributed by atoms with Gasteiger partial charge in [-0.05, 0) is 52.3 Å². The highest BCUT2D eigenvalue weighted by Crippen LogP contribution is 2.43. The van der Waals surface area contributed by atoms with Crippen molar-refractivity contribution in [2.45, 2.75) is 45.3 Å². The van der Waals surface area contributed by atoms with Gasteiger partial charge in [-0.1, -0.05) is 27.5 Å². The fourth-order valence-electron chi connectivity index (χ4n) is 2.87. The van der Waals surface area contributed by atoms with Crippen LogP contribution in [0.1, 0.15) is 44.5 Å². The van der Waals surface area contributed by atoms with E-state index in [1.165, 1.54) is 0 Å². The zero-order valence-corrected chi connectivity index (χ0v) is 13.9. The summed E-state index contributed by atoms with van der Waals surface area (Å²) in [5, 5.41) is 0.564. The van der Waals surface area contributed by atoms with E-state index >= 15 is 0 Å². The first kappa shape index (κ1) is 15.0. The Hall–Kier alpha value is -0.380. The smallest absolute Gasteiger partial charge is 0.169 e. The topological polar surface area (TPSA) is 26.3 Å². The largest absolute Gasteiger partial charge is 0.369 e. The molecule has 104 valence electrons. The molecule has 1 aromatic carbocycles. The van der Waals surface area contributed by atoms with Crippen molar-refractivity contribution >= 4 is 33.3 Å². The fraction of sp³-hybridized carbons (Fsp3) is 0.533. The van der Waals surface area contributed by atoms with E-state index in [1.807, 2.05) is 33.8 Å². The van der Waals surface area contributed by atoms with Crippen LogP contribution >= 0.6 is 27.5 Å². The Balaban J connectivity index is 2.34. The van der Waals surface area contributed by atoms with Crippen LogP contribution in [0.4, 0.5) is 0 Å². The SMILES string of the molecule is CC1(C)CC(C(=O)c2cc(Cl)cc(Br)c2)C(C)(C)O1. The molecule has 1 atom stereocenters. The van der Waals surface area contributed by atoms with Crippen LogP contribution in [0.3, 0.4) is 0 Å². The summed E-state index contributed by atoms with van der Waals surface area (Å²) in [6.07, 6.45) is 0.725. The molecule has 0 bridgehead atoms. The number of ether oxygens (including phenoxy) is 1. The van der Waals surface area contributed by atoms with Crippen LogP contribution in [-0.2, 0) is 4.74 Å². The molecule has 1 heterocycles. The predicted molar refractivity (Wildman–Crippen MR) is 80.8 cm³/mol. The Morgan fingerprint density at radius 3 is 2.42 bits per heavy atom. The lowest BCUT2D eigenvalue weighted by atomic mass is 9.82.